The molecule has 1 N–H and O–H groups in total. The van der Waals surface area contributed by atoms with Crippen molar-refractivity contribution in [3.8, 4) is 0 Å². The molecule has 0 bridgehead atoms. The van der Waals surface area contributed by atoms with E-state index in [1.165, 1.54) is 11.1 Å². The van der Waals surface area contributed by atoms with E-state index in [2.05, 4.69) is 18.0 Å². The van der Waals surface area contributed by atoms with Gasteiger partial charge in [-0.15, -0.1) is 0 Å². The smallest absolute Gasteiger partial charge is 0.254 e. The summed E-state index contributed by atoms with van der Waals surface area (Å²) in [5.74, 6) is 0.0962. The molecule has 1 aliphatic rings. The summed E-state index contributed by atoms with van der Waals surface area (Å²) >= 11 is 0. The molecule has 0 aliphatic carbocycles. The van der Waals surface area contributed by atoms with E-state index in [4.69, 9.17) is 0 Å². The highest BCUT2D eigenvalue weighted by Crippen LogP contribution is 2.17. The molecule has 0 saturated heterocycles. The van der Waals surface area contributed by atoms with E-state index in [0.29, 0.717) is 13.1 Å². The summed E-state index contributed by atoms with van der Waals surface area (Å²) in [5.41, 5.74) is 4.40. The number of carbonyl (C=O) groups excluding carboxylic acids is 1. The average Bonchev–Trinajstić information content (AvgIpc) is 2.43. The Labute approximate surface area is 115 Å². The Morgan fingerprint density at radius 1 is 1.42 bits per heavy atom. The van der Waals surface area contributed by atoms with E-state index in [1.807, 2.05) is 30.9 Å². The summed E-state index contributed by atoms with van der Waals surface area (Å²) in [6.45, 7) is 11.1. The van der Waals surface area contributed by atoms with Gasteiger partial charge < -0.3 is 10.2 Å². The van der Waals surface area contributed by atoms with Crippen LogP contribution in [0.3, 0.4) is 0 Å². The van der Waals surface area contributed by atoms with Crippen molar-refractivity contribution in [1.29, 1.82) is 0 Å². The van der Waals surface area contributed by atoms with Crippen molar-refractivity contribution in [2.24, 2.45) is 0 Å². The third-order valence-electron chi connectivity index (χ3n) is 3.47. The average molecular weight is 258 g/mol. The number of rotatable bonds is 4. The molecule has 1 heterocycles. The van der Waals surface area contributed by atoms with Gasteiger partial charge in [0.1, 0.15) is 0 Å². The largest absolute Gasteiger partial charge is 0.335 e. The van der Waals surface area contributed by atoms with Gasteiger partial charge in [0.25, 0.3) is 5.91 Å². The van der Waals surface area contributed by atoms with Crippen molar-refractivity contribution < 1.29 is 4.79 Å². The first kappa shape index (κ1) is 13.8. The van der Waals surface area contributed by atoms with Crippen LogP contribution >= 0.6 is 0 Å². The van der Waals surface area contributed by atoms with Gasteiger partial charge in [-0.2, -0.15) is 0 Å². The van der Waals surface area contributed by atoms with Gasteiger partial charge in [0.05, 0.1) is 0 Å². The zero-order valence-electron chi connectivity index (χ0n) is 11.8. The molecule has 2 rings (SSSR count). The van der Waals surface area contributed by atoms with E-state index >= 15 is 0 Å². The number of hydrogen-bond donors (Lipinski definition) is 1. The highest BCUT2D eigenvalue weighted by Gasteiger charge is 2.16. The first-order chi connectivity index (χ1) is 9.11. The number of likely N-dealkylation sites (N-methyl/N-ethyl adjacent to an activating group) is 1. The molecule has 3 heteroatoms. The SMILES string of the molecule is C=C(C)CN(CC)C(=O)c1ccc2c(c1)CNCC2. The van der Waals surface area contributed by atoms with Crippen LogP contribution in [0.1, 0.15) is 35.3 Å². The summed E-state index contributed by atoms with van der Waals surface area (Å²) in [6.07, 6.45) is 1.05. The van der Waals surface area contributed by atoms with E-state index in [0.717, 1.165) is 30.6 Å². The number of benzene rings is 1. The lowest BCUT2D eigenvalue weighted by molar-refractivity contribution is 0.0778. The predicted molar refractivity (Wildman–Crippen MR) is 78.2 cm³/mol. The number of fused-ring (bicyclic) bond motifs is 1. The van der Waals surface area contributed by atoms with E-state index in [9.17, 15) is 4.79 Å². The topological polar surface area (TPSA) is 32.3 Å². The molecule has 0 unspecified atom stereocenters. The molecule has 1 amide bonds. The number of nitrogens with one attached hydrogen (secondary N) is 1. The summed E-state index contributed by atoms with van der Waals surface area (Å²) in [6, 6.07) is 6.08. The Hall–Kier alpha value is -1.61. The molecule has 102 valence electrons. The van der Waals surface area contributed by atoms with Crippen LogP contribution in [0, 0.1) is 0 Å². The van der Waals surface area contributed by atoms with Gasteiger partial charge in [0.15, 0.2) is 0 Å². The molecule has 1 aliphatic heterocycles. The van der Waals surface area contributed by atoms with Crippen LogP contribution in [0.4, 0.5) is 0 Å². The molecular weight excluding hydrogens is 236 g/mol. The first-order valence-electron chi connectivity index (χ1n) is 6.88. The van der Waals surface area contributed by atoms with Gasteiger partial charge >= 0.3 is 0 Å². The third kappa shape index (κ3) is 3.24. The van der Waals surface area contributed by atoms with Gasteiger partial charge in [-0.3, -0.25) is 4.79 Å². The number of carbonyl (C=O) groups is 1. The molecule has 0 saturated carbocycles. The highest BCUT2D eigenvalue weighted by atomic mass is 16.2. The lowest BCUT2D eigenvalue weighted by Gasteiger charge is -2.23. The Kier molecular flexibility index (Phi) is 4.38. The molecule has 19 heavy (non-hydrogen) atoms. The number of nitrogens with zero attached hydrogens (tertiary/aromatic N) is 1. The van der Waals surface area contributed by atoms with Crippen LogP contribution < -0.4 is 5.32 Å². The Morgan fingerprint density at radius 3 is 2.89 bits per heavy atom. The molecule has 0 fully saturated rings. The monoisotopic (exact) mass is 258 g/mol. The fraction of sp³-hybridized carbons (Fsp3) is 0.438. The summed E-state index contributed by atoms with van der Waals surface area (Å²) in [4.78, 5) is 14.3. The van der Waals surface area contributed by atoms with Gasteiger partial charge in [-0.25, -0.2) is 0 Å². The van der Waals surface area contributed by atoms with E-state index < -0.39 is 0 Å². The van der Waals surface area contributed by atoms with Crippen LogP contribution in [-0.4, -0.2) is 30.4 Å². The number of amides is 1. The van der Waals surface area contributed by atoms with Crippen molar-refractivity contribution in [1.82, 2.24) is 10.2 Å². The van der Waals surface area contributed by atoms with Crippen molar-refractivity contribution in [3.63, 3.8) is 0 Å². The van der Waals surface area contributed by atoms with Gasteiger partial charge in [-0.1, -0.05) is 18.2 Å². The molecule has 0 spiro atoms. The molecular formula is C16H22N2O. The Balaban J connectivity index is 2.20. The van der Waals surface area contributed by atoms with Crippen molar-refractivity contribution in [3.05, 3.63) is 47.0 Å². The molecule has 1 aromatic rings. The maximum Gasteiger partial charge on any atom is 0.254 e. The summed E-state index contributed by atoms with van der Waals surface area (Å²) in [5, 5.41) is 3.34. The fourth-order valence-electron chi connectivity index (χ4n) is 2.45. The zero-order valence-corrected chi connectivity index (χ0v) is 11.8. The molecule has 1 aromatic carbocycles. The second kappa shape index (κ2) is 6.02. The minimum absolute atomic E-state index is 0.0962. The molecule has 3 nitrogen and oxygen atoms in total. The Bertz CT molecular complexity index is 494. The maximum absolute atomic E-state index is 12.5. The molecule has 0 radical (unpaired) electrons. The van der Waals surface area contributed by atoms with Gasteiger partial charge in [-0.05, 0) is 50.1 Å². The second-order valence-corrected chi connectivity index (χ2v) is 5.19. The lowest BCUT2D eigenvalue weighted by Crippen LogP contribution is -2.32. The van der Waals surface area contributed by atoms with Crippen molar-refractivity contribution in [2.75, 3.05) is 19.6 Å². The Morgan fingerprint density at radius 2 is 2.21 bits per heavy atom. The maximum atomic E-state index is 12.5. The van der Waals surface area contributed by atoms with Crippen molar-refractivity contribution in [2.45, 2.75) is 26.8 Å². The standard InChI is InChI=1S/C16H22N2O/c1-4-18(11-12(2)3)16(19)14-6-5-13-7-8-17-10-15(13)9-14/h5-6,9,17H,2,4,7-8,10-11H2,1,3H3. The first-order valence-corrected chi connectivity index (χ1v) is 6.88. The number of hydrogen-bond acceptors (Lipinski definition) is 2. The lowest BCUT2D eigenvalue weighted by atomic mass is 9.98. The quantitative estimate of drug-likeness (QED) is 0.841. The highest BCUT2D eigenvalue weighted by molar-refractivity contribution is 5.94. The normalized spacial score (nSPS) is 13.8. The second-order valence-electron chi connectivity index (χ2n) is 5.19. The van der Waals surface area contributed by atoms with E-state index in [1.54, 1.807) is 0 Å². The van der Waals surface area contributed by atoms with E-state index in [-0.39, 0.29) is 5.91 Å². The zero-order chi connectivity index (χ0) is 13.8. The van der Waals surface area contributed by atoms with Crippen LogP contribution in [0.5, 0.6) is 0 Å². The molecule has 0 aromatic heterocycles. The fourth-order valence-corrected chi connectivity index (χ4v) is 2.45. The third-order valence-corrected chi connectivity index (χ3v) is 3.47. The van der Waals surface area contributed by atoms with Gasteiger partial charge in [0.2, 0.25) is 0 Å². The minimum atomic E-state index is 0.0962. The molecule has 0 atom stereocenters. The summed E-state index contributed by atoms with van der Waals surface area (Å²) < 4.78 is 0. The van der Waals surface area contributed by atoms with Gasteiger partial charge in [0, 0.05) is 25.2 Å². The van der Waals surface area contributed by atoms with Crippen LogP contribution in [-0.2, 0) is 13.0 Å². The van der Waals surface area contributed by atoms with Crippen LogP contribution in [0.2, 0.25) is 0 Å². The van der Waals surface area contributed by atoms with Crippen LogP contribution in [0.15, 0.2) is 30.4 Å². The van der Waals surface area contributed by atoms with Crippen LogP contribution in [0.25, 0.3) is 0 Å². The van der Waals surface area contributed by atoms with Crippen molar-refractivity contribution >= 4 is 5.91 Å². The summed E-state index contributed by atoms with van der Waals surface area (Å²) in [7, 11) is 0. The minimum Gasteiger partial charge on any atom is -0.335 e. The predicted octanol–water partition coefficient (Wildman–Crippen LogP) is 2.37.